The van der Waals surface area contributed by atoms with Crippen LogP contribution in [0.3, 0.4) is 0 Å². The number of ether oxygens (including phenoxy) is 1. The zero-order valence-electron chi connectivity index (χ0n) is 9.37. The van der Waals surface area contributed by atoms with Crippen LogP contribution in [-0.2, 0) is 4.74 Å². The summed E-state index contributed by atoms with van der Waals surface area (Å²) >= 11 is 0. The number of epoxide rings is 1. The van der Waals surface area contributed by atoms with Crippen LogP contribution in [0.5, 0.6) is 0 Å². The van der Waals surface area contributed by atoms with Crippen molar-refractivity contribution in [1.82, 2.24) is 0 Å². The van der Waals surface area contributed by atoms with Crippen LogP contribution < -0.4 is 0 Å². The molecule has 4 aliphatic carbocycles. The van der Waals surface area contributed by atoms with E-state index in [9.17, 15) is 0 Å². The smallest absolute Gasteiger partial charge is 0.0866 e. The normalized spacial score (nSPS) is 60.7. The van der Waals surface area contributed by atoms with Crippen molar-refractivity contribution in [3.63, 3.8) is 0 Å². The highest BCUT2D eigenvalue weighted by molar-refractivity contribution is 5.16. The Kier molecular flexibility index (Phi) is 1.47. The Bertz CT molecular complexity index is 301. The molecule has 3 unspecified atom stereocenters. The molecular weight excluding hydrogens is 184 g/mol. The van der Waals surface area contributed by atoms with Crippen molar-refractivity contribution in [2.75, 3.05) is 6.61 Å². The highest BCUT2D eigenvalue weighted by atomic mass is 16.6. The lowest BCUT2D eigenvalue weighted by Gasteiger charge is -2.61. The minimum Gasteiger partial charge on any atom is -0.373 e. The van der Waals surface area contributed by atoms with Crippen molar-refractivity contribution in [2.45, 2.75) is 44.6 Å². The molecule has 15 heavy (non-hydrogen) atoms. The Hall–Kier alpha value is -0.300. The molecule has 1 aliphatic heterocycles. The number of allylic oxidation sites excluding steroid dienone is 1. The predicted octanol–water partition coefficient (Wildman–Crippen LogP) is 3.16. The van der Waals surface area contributed by atoms with Gasteiger partial charge in [-0.05, 0) is 55.8 Å². The Balaban J connectivity index is 1.75. The molecule has 1 nitrogen and oxygen atoms in total. The van der Waals surface area contributed by atoms with E-state index in [-0.39, 0.29) is 0 Å². The molecule has 82 valence electrons. The van der Waals surface area contributed by atoms with Crippen molar-refractivity contribution in [3.8, 4) is 0 Å². The van der Waals surface area contributed by atoms with Crippen molar-refractivity contribution in [2.24, 2.45) is 22.7 Å². The summed E-state index contributed by atoms with van der Waals surface area (Å²) in [7, 11) is 0. The molecule has 1 heteroatoms. The van der Waals surface area contributed by atoms with Crippen LogP contribution in [0.25, 0.3) is 0 Å². The summed E-state index contributed by atoms with van der Waals surface area (Å²) in [5.74, 6) is 1.99. The standard InChI is InChI=1S/C14H20O/c1-2-13-4-10-3-11(5-13)7-14(6-10,9-13)12-8-15-12/h2,10-12H,1,3-9H2. The molecule has 0 aromatic rings. The second-order valence-electron chi connectivity index (χ2n) is 6.71. The van der Waals surface area contributed by atoms with Gasteiger partial charge in [0.2, 0.25) is 0 Å². The molecule has 5 rings (SSSR count). The van der Waals surface area contributed by atoms with E-state index in [2.05, 4.69) is 12.7 Å². The molecule has 4 bridgehead atoms. The minimum atomic E-state index is 0.510. The van der Waals surface area contributed by atoms with Crippen LogP contribution in [0, 0.1) is 22.7 Å². The topological polar surface area (TPSA) is 12.5 Å². The van der Waals surface area contributed by atoms with Gasteiger partial charge in [-0.2, -0.15) is 0 Å². The van der Waals surface area contributed by atoms with Gasteiger partial charge < -0.3 is 4.74 Å². The van der Waals surface area contributed by atoms with Crippen LogP contribution in [0.15, 0.2) is 12.7 Å². The monoisotopic (exact) mass is 204 g/mol. The quantitative estimate of drug-likeness (QED) is 0.497. The Labute approximate surface area is 91.9 Å². The van der Waals surface area contributed by atoms with E-state index < -0.39 is 0 Å². The molecule has 5 fully saturated rings. The Morgan fingerprint density at radius 2 is 1.80 bits per heavy atom. The second-order valence-corrected chi connectivity index (χ2v) is 6.71. The first-order chi connectivity index (χ1) is 7.24. The molecule has 0 aromatic heterocycles. The van der Waals surface area contributed by atoms with Crippen molar-refractivity contribution in [3.05, 3.63) is 12.7 Å². The lowest BCUT2D eigenvalue weighted by Crippen LogP contribution is -2.53. The number of hydrogen-bond donors (Lipinski definition) is 0. The van der Waals surface area contributed by atoms with E-state index in [1.54, 1.807) is 0 Å². The third kappa shape index (κ3) is 1.08. The fraction of sp³-hybridized carbons (Fsp3) is 0.857. The van der Waals surface area contributed by atoms with Crippen LogP contribution in [0.2, 0.25) is 0 Å². The van der Waals surface area contributed by atoms with Gasteiger partial charge in [0.1, 0.15) is 0 Å². The molecule has 0 aromatic carbocycles. The van der Waals surface area contributed by atoms with E-state index >= 15 is 0 Å². The van der Waals surface area contributed by atoms with Gasteiger partial charge in [-0.1, -0.05) is 6.08 Å². The molecule has 3 atom stereocenters. The number of hydrogen-bond acceptors (Lipinski definition) is 1. The zero-order chi connectivity index (χ0) is 10.1. The third-order valence-corrected chi connectivity index (χ3v) is 5.60. The minimum absolute atomic E-state index is 0.510. The van der Waals surface area contributed by atoms with E-state index in [1.807, 2.05) is 0 Å². The lowest BCUT2D eigenvalue weighted by atomic mass is 9.43. The summed E-state index contributed by atoms with van der Waals surface area (Å²) in [4.78, 5) is 0. The Morgan fingerprint density at radius 1 is 1.13 bits per heavy atom. The first-order valence-electron chi connectivity index (χ1n) is 6.49. The fourth-order valence-electron chi connectivity index (χ4n) is 5.42. The van der Waals surface area contributed by atoms with Crippen LogP contribution in [-0.4, -0.2) is 12.7 Å². The summed E-state index contributed by atoms with van der Waals surface area (Å²) in [6, 6.07) is 0. The van der Waals surface area contributed by atoms with Gasteiger partial charge in [0.25, 0.3) is 0 Å². The SMILES string of the molecule is C=CC12CC3CC(C1)CC(C1CO1)(C3)C2. The average molecular weight is 204 g/mol. The molecule has 0 spiro atoms. The summed E-state index contributed by atoms with van der Waals surface area (Å²) in [6.07, 6.45) is 11.6. The van der Waals surface area contributed by atoms with Crippen molar-refractivity contribution in [1.29, 1.82) is 0 Å². The van der Waals surface area contributed by atoms with E-state index in [0.29, 0.717) is 16.9 Å². The highest BCUT2D eigenvalue weighted by Crippen LogP contribution is 2.68. The van der Waals surface area contributed by atoms with Crippen LogP contribution in [0.1, 0.15) is 38.5 Å². The molecule has 4 saturated carbocycles. The van der Waals surface area contributed by atoms with E-state index in [0.717, 1.165) is 18.4 Å². The first-order valence-corrected chi connectivity index (χ1v) is 6.49. The van der Waals surface area contributed by atoms with Crippen LogP contribution in [0.4, 0.5) is 0 Å². The maximum atomic E-state index is 5.65. The maximum absolute atomic E-state index is 5.65. The molecule has 0 radical (unpaired) electrons. The highest BCUT2D eigenvalue weighted by Gasteiger charge is 2.61. The van der Waals surface area contributed by atoms with Gasteiger partial charge in [0.05, 0.1) is 12.7 Å². The predicted molar refractivity (Wildman–Crippen MR) is 59.5 cm³/mol. The van der Waals surface area contributed by atoms with Gasteiger partial charge in [-0.15, -0.1) is 6.58 Å². The van der Waals surface area contributed by atoms with Crippen molar-refractivity contribution >= 4 is 0 Å². The molecule has 1 saturated heterocycles. The van der Waals surface area contributed by atoms with Gasteiger partial charge in [0, 0.05) is 5.41 Å². The fourth-order valence-corrected chi connectivity index (χ4v) is 5.42. The largest absolute Gasteiger partial charge is 0.373 e. The molecule has 0 amide bonds. The van der Waals surface area contributed by atoms with Gasteiger partial charge in [-0.25, -0.2) is 0 Å². The number of rotatable bonds is 2. The molecule has 5 aliphatic rings. The average Bonchev–Trinajstić information content (AvgIpc) is 2.98. The Morgan fingerprint density at radius 3 is 2.33 bits per heavy atom. The summed E-state index contributed by atoms with van der Waals surface area (Å²) in [5, 5.41) is 0. The van der Waals surface area contributed by atoms with E-state index in [4.69, 9.17) is 4.74 Å². The lowest BCUT2D eigenvalue weighted by molar-refractivity contribution is -0.0990. The molecular formula is C14H20O. The van der Waals surface area contributed by atoms with E-state index in [1.165, 1.54) is 38.5 Å². The van der Waals surface area contributed by atoms with Crippen molar-refractivity contribution < 1.29 is 4.74 Å². The zero-order valence-corrected chi connectivity index (χ0v) is 9.37. The second kappa shape index (κ2) is 2.51. The molecule has 0 N–H and O–H groups in total. The van der Waals surface area contributed by atoms with Crippen LogP contribution >= 0.6 is 0 Å². The first kappa shape index (κ1) is 8.81. The summed E-state index contributed by atoms with van der Waals surface area (Å²) < 4.78 is 5.65. The molecule has 1 heterocycles. The summed E-state index contributed by atoms with van der Waals surface area (Å²) in [6.45, 7) is 5.17. The third-order valence-electron chi connectivity index (χ3n) is 5.60. The van der Waals surface area contributed by atoms with Gasteiger partial charge in [0.15, 0.2) is 0 Å². The van der Waals surface area contributed by atoms with Gasteiger partial charge in [-0.3, -0.25) is 0 Å². The summed E-state index contributed by atoms with van der Waals surface area (Å²) in [5.41, 5.74) is 1.09. The van der Waals surface area contributed by atoms with Gasteiger partial charge >= 0.3 is 0 Å². The maximum Gasteiger partial charge on any atom is 0.0866 e.